The van der Waals surface area contributed by atoms with Crippen LogP contribution < -0.4 is 0 Å². The Morgan fingerprint density at radius 2 is 2.00 bits per heavy atom. The first-order chi connectivity index (χ1) is 10.5. The Morgan fingerprint density at radius 3 is 2.64 bits per heavy atom. The maximum Gasteiger partial charge on any atom is 0.308 e. The molecule has 7 nitrogen and oxygen atoms in total. The molecule has 0 aromatic rings. The second-order valence-corrected chi connectivity index (χ2v) is 6.23. The Morgan fingerprint density at radius 1 is 1.27 bits per heavy atom. The van der Waals surface area contributed by atoms with Crippen molar-refractivity contribution in [3.8, 4) is 0 Å². The highest BCUT2D eigenvalue weighted by Crippen LogP contribution is 2.28. The first kappa shape index (κ1) is 16.7. The summed E-state index contributed by atoms with van der Waals surface area (Å²) in [5.41, 5.74) is 0. The molecule has 1 aliphatic carbocycles. The van der Waals surface area contributed by atoms with Gasteiger partial charge in [0.05, 0.1) is 19.1 Å². The molecule has 2 fully saturated rings. The number of aliphatic carboxylic acids is 1. The van der Waals surface area contributed by atoms with E-state index in [2.05, 4.69) is 0 Å². The van der Waals surface area contributed by atoms with E-state index in [1.54, 1.807) is 7.05 Å². The molecule has 0 spiro atoms. The highest BCUT2D eigenvalue weighted by molar-refractivity contribution is 5.85. The van der Waals surface area contributed by atoms with Gasteiger partial charge in [0, 0.05) is 20.1 Å². The fourth-order valence-electron chi connectivity index (χ4n) is 2.50. The summed E-state index contributed by atoms with van der Waals surface area (Å²) < 4.78 is 5.32. The molecule has 0 bridgehead atoms. The fraction of sp³-hybridized carbons (Fsp3) is 0.800. The molecule has 1 atom stereocenters. The average molecular weight is 312 g/mol. The smallest absolute Gasteiger partial charge is 0.308 e. The number of hydrogen-bond acceptors (Lipinski definition) is 4. The van der Waals surface area contributed by atoms with E-state index in [4.69, 9.17) is 9.84 Å². The van der Waals surface area contributed by atoms with E-state index in [1.807, 2.05) is 0 Å². The summed E-state index contributed by atoms with van der Waals surface area (Å²) >= 11 is 0. The summed E-state index contributed by atoms with van der Waals surface area (Å²) in [4.78, 5) is 37.9. The lowest BCUT2D eigenvalue weighted by Gasteiger charge is -2.32. The minimum Gasteiger partial charge on any atom is -0.481 e. The number of rotatable bonds is 7. The lowest BCUT2D eigenvalue weighted by atomic mass is 9.98. The molecule has 22 heavy (non-hydrogen) atoms. The van der Waals surface area contributed by atoms with Crippen LogP contribution in [0, 0.1) is 11.8 Å². The normalized spacial score (nSPS) is 21.5. The molecule has 1 N–H and O–H groups in total. The van der Waals surface area contributed by atoms with Crippen LogP contribution in [0.15, 0.2) is 0 Å². The van der Waals surface area contributed by atoms with Crippen molar-refractivity contribution in [3.63, 3.8) is 0 Å². The topological polar surface area (TPSA) is 87.2 Å². The van der Waals surface area contributed by atoms with Crippen LogP contribution >= 0.6 is 0 Å². The zero-order valence-electron chi connectivity index (χ0n) is 13.0. The number of carbonyl (C=O) groups is 3. The third kappa shape index (κ3) is 4.98. The minimum atomic E-state index is -0.865. The summed E-state index contributed by atoms with van der Waals surface area (Å²) in [6, 6.07) is 0. The number of likely N-dealkylation sites (N-methyl/N-ethyl adjacent to an activating group) is 1. The number of likely N-dealkylation sites (tertiary alicyclic amines) is 1. The first-order valence-corrected chi connectivity index (χ1v) is 7.79. The summed E-state index contributed by atoms with van der Waals surface area (Å²) in [5, 5.41) is 9.04. The number of carbonyl (C=O) groups excluding carboxylic acids is 2. The van der Waals surface area contributed by atoms with Crippen molar-refractivity contribution in [1.29, 1.82) is 0 Å². The van der Waals surface area contributed by atoms with Gasteiger partial charge in [-0.25, -0.2) is 0 Å². The van der Waals surface area contributed by atoms with Gasteiger partial charge in [-0.05, 0) is 31.6 Å². The summed E-state index contributed by atoms with van der Waals surface area (Å²) in [6.45, 7) is 1.37. The molecule has 2 aliphatic rings. The summed E-state index contributed by atoms with van der Waals surface area (Å²) in [5.74, 6) is -1.19. The van der Waals surface area contributed by atoms with Crippen LogP contribution in [0.1, 0.15) is 25.7 Å². The van der Waals surface area contributed by atoms with Crippen LogP contribution in [0.5, 0.6) is 0 Å². The summed E-state index contributed by atoms with van der Waals surface area (Å²) in [6.07, 6.45) is 3.62. The van der Waals surface area contributed by atoms with Crippen LogP contribution in [-0.4, -0.2) is 72.6 Å². The van der Waals surface area contributed by atoms with Crippen molar-refractivity contribution < 1.29 is 24.2 Å². The van der Waals surface area contributed by atoms with E-state index >= 15 is 0 Å². The second-order valence-electron chi connectivity index (χ2n) is 6.23. The van der Waals surface area contributed by atoms with Gasteiger partial charge in [0.15, 0.2) is 0 Å². The van der Waals surface area contributed by atoms with Gasteiger partial charge in [0.25, 0.3) is 0 Å². The van der Waals surface area contributed by atoms with Crippen molar-refractivity contribution in [2.24, 2.45) is 11.8 Å². The molecule has 1 saturated heterocycles. The Balaban J connectivity index is 1.72. The number of amides is 2. The molecule has 2 rings (SSSR count). The molecule has 7 heteroatoms. The number of ether oxygens (including phenoxy) is 1. The SMILES string of the molecule is CN(CC(=O)N1CCCC(C(=O)O)C1)C(=O)COCC1CC1. The highest BCUT2D eigenvalue weighted by atomic mass is 16.5. The third-order valence-electron chi connectivity index (χ3n) is 4.20. The summed E-state index contributed by atoms with van der Waals surface area (Å²) in [7, 11) is 1.57. The highest BCUT2D eigenvalue weighted by Gasteiger charge is 2.29. The third-order valence-corrected chi connectivity index (χ3v) is 4.20. The van der Waals surface area contributed by atoms with Crippen LogP contribution in [0.25, 0.3) is 0 Å². The molecular weight excluding hydrogens is 288 g/mol. The zero-order chi connectivity index (χ0) is 16.1. The van der Waals surface area contributed by atoms with Crippen molar-refractivity contribution >= 4 is 17.8 Å². The van der Waals surface area contributed by atoms with Crippen LogP contribution in [-0.2, 0) is 19.1 Å². The van der Waals surface area contributed by atoms with Gasteiger partial charge in [0.1, 0.15) is 6.61 Å². The van der Waals surface area contributed by atoms with Gasteiger partial charge < -0.3 is 19.6 Å². The lowest BCUT2D eigenvalue weighted by molar-refractivity contribution is -0.148. The molecule has 2 amide bonds. The van der Waals surface area contributed by atoms with Crippen molar-refractivity contribution in [2.75, 3.05) is 39.9 Å². The van der Waals surface area contributed by atoms with Crippen LogP contribution in [0.3, 0.4) is 0 Å². The quantitative estimate of drug-likeness (QED) is 0.725. The molecule has 1 aliphatic heterocycles. The lowest BCUT2D eigenvalue weighted by Crippen LogP contribution is -2.47. The van der Waals surface area contributed by atoms with Crippen molar-refractivity contribution in [1.82, 2.24) is 9.80 Å². The number of hydrogen-bond donors (Lipinski definition) is 1. The number of nitrogens with zero attached hydrogens (tertiary/aromatic N) is 2. The van der Waals surface area contributed by atoms with E-state index in [0.717, 1.165) is 0 Å². The second kappa shape index (κ2) is 7.58. The molecule has 1 saturated carbocycles. The van der Waals surface area contributed by atoms with Crippen LogP contribution in [0.4, 0.5) is 0 Å². The molecule has 1 heterocycles. The van der Waals surface area contributed by atoms with Crippen LogP contribution in [0.2, 0.25) is 0 Å². The van der Waals surface area contributed by atoms with Gasteiger partial charge in [-0.15, -0.1) is 0 Å². The molecule has 0 radical (unpaired) electrons. The Labute approximate surface area is 130 Å². The maximum atomic E-state index is 12.2. The largest absolute Gasteiger partial charge is 0.481 e. The minimum absolute atomic E-state index is 0.00195. The number of carboxylic acids is 1. The Kier molecular flexibility index (Phi) is 5.76. The number of piperidine rings is 1. The van der Waals surface area contributed by atoms with Gasteiger partial charge in [0.2, 0.25) is 11.8 Å². The molecular formula is C15H24N2O5. The zero-order valence-corrected chi connectivity index (χ0v) is 13.0. The fourth-order valence-corrected chi connectivity index (χ4v) is 2.50. The Hall–Kier alpha value is -1.63. The van der Waals surface area contributed by atoms with Crippen molar-refractivity contribution in [2.45, 2.75) is 25.7 Å². The molecule has 0 aromatic heterocycles. The van der Waals surface area contributed by atoms with E-state index in [0.29, 0.717) is 31.9 Å². The van der Waals surface area contributed by atoms with Gasteiger partial charge in [-0.3, -0.25) is 14.4 Å². The van der Waals surface area contributed by atoms with E-state index in [9.17, 15) is 14.4 Å². The maximum absolute atomic E-state index is 12.2. The first-order valence-electron chi connectivity index (χ1n) is 7.79. The standard InChI is InChI=1S/C15H24N2O5/c1-16(14(19)10-22-9-11-4-5-11)8-13(18)17-6-2-3-12(7-17)15(20)21/h11-12H,2-10H2,1H3,(H,20,21). The molecule has 1 unspecified atom stereocenters. The average Bonchev–Trinajstić information content (AvgIpc) is 3.31. The van der Waals surface area contributed by atoms with Gasteiger partial charge in [-0.2, -0.15) is 0 Å². The Bertz CT molecular complexity index is 436. The van der Waals surface area contributed by atoms with E-state index in [-0.39, 0.29) is 31.5 Å². The predicted molar refractivity (Wildman–Crippen MR) is 78.1 cm³/mol. The van der Waals surface area contributed by atoms with Gasteiger partial charge in [-0.1, -0.05) is 0 Å². The van der Waals surface area contributed by atoms with Crippen molar-refractivity contribution in [3.05, 3.63) is 0 Å². The monoisotopic (exact) mass is 312 g/mol. The number of carboxylic acid groups (broad SMARTS) is 1. The molecule has 124 valence electrons. The molecule has 0 aromatic carbocycles. The predicted octanol–water partition coefficient (Wildman–Crippen LogP) is 0.195. The van der Waals surface area contributed by atoms with E-state index in [1.165, 1.54) is 22.6 Å². The van der Waals surface area contributed by atoms with Gasteiger partial charge >= 0.3 is 5.97 Å². The van der Waals surface area contributed by atoms with E-state index < -0.39 is 11.9 Å².